The Bertz CT molecular complexity index is 2380. The molecule has 1 heterocycles. The lowest BCUT2D eigenvalue weighted by atomic mass is 9.70. The Morgan fingerprint density at radius 3 is 1.96 bits per heavy atom. The van der Waals surface area contributed by atoms with Crippen LogP contribution in [0.25, 0.3) is 33.0 Å². The Hall–Kier alpha value is -6.06. The third-order valence-corrected chi connectivity index (χ3v) is 10.5. The van der Waals surface area contributed by atoms with Gasteiger partial charge in [-0.1, -0.05) is 128 Å². The number of fused-ring (bicyclic) bond motifs is 13. The molecule has 0 fully saturated rings. The van der Waals surface area contributed by atoms with Crippen LogP contribution in [0.4, 0.5) is 5.69 Å². The minimum Gasteiger partial charge on any atom is -0.478 e. The molecule has 1 aliphatic heterocycles. The molecule has 6 aromatic carbocycles. The summed E-state index contributed by atoms with van der Waals surface area (Å²) in [6.45, 7) is 8.52. The van der Waals surface area contributed by atoms with Crippen LogP contribution >= 0.6 is 0 Å². The number of hydrogen-bond donors (Lipinski definition) is 0. The average molecular weight is 618 g/mol. The molecule has 0 bridgehead atoms. The Kier molecular flexibility index (Phi) is 5.63. The zero-order chi connectivity index (χ0) is 32.0. The van der Waals surface area contributed by atoms with Gasteiger partial charge in [0, 0.05) is 11.1 Å². The molecule has 228 valence electrons. The number of allylic oxidation sites excluding steroid dienone is 3. The predicted molar refractivity (Wildman–Crippen MR) is 195 cm³/mol. The van der Waals surface area contributed by atoms with Gasteiger partial charge in [0.1, 0.15) is 0 Å². The molecule has 1 spiro atoms. The Balaban J connectivity index is 1.15. The first kappa shape index (κ1) is 27.1. The molecular weight excluding hydrogens is 587 g/mol. The standard InChI is InChI=1S/C45H31NO2/c1-3-28(2)46(39-23-12-15-29-14-4-5-16-30(29)39)40-24-13-25-41-44(40)48-43-27-38-34(26-42(43)47-41)33-19-8-11-22-37(33)45(38)35-20-9-6-17-31(35)32-18-7-10-21-36(32)45/h3-27,41,44H,1-2H2. The molecule has 6 aromatic rings. The van der Waals surface area contributed by atoms with Crippen molar-refractivity contribution in [2.45, 2.75) is 17.6 Å². The lowest BCUT2D eigenvalue weighted by Gasteiger charge is -2.40. The second kappa shape index (κ2) is 9.97. The second-order valence-electron chi connectivity index (χ2n) is 12.9. The van der Waals surface area contributed by atoms with Gasteiger partial charge in [0.15, 0.2) is 23.7 Å². The SMILES string of the molecule is C=CC(=C)N(C1=CC=CC2Oc3cc4c(cc3OC12)C1(c2ccccc2-c2ccccc21)c1ccccc1-4)c1cccc2ccccc12. The van der Waals surface area contributed by atoms with Crippen LogP contribution in [0.3, 0.4) is 0 Å². The van der Waals surface area contributed by atoms with Gasteiger partial charge in [-0.15, -0.1) is 0 Å². The van der Waals surface area contributed by atoms with E-state index in [4.69, 9.17) is 9.47 Å². The van der Waals surface area contributed by atoms with Crippen LogP contribution in [0.2, 0.25) is 0 Å². The van der Waals surface area contributed by atoms with E-state index in [2.05, 4.69) is 164 Å². The lowest BCUT2D eigenvalue weighted by Crippen LogP contribution is -2.46. The van der Waals surface area contributed by atoms with Crippen molar-refractivity contribution in [2.24, 2.45) is 0 Å². The molecular formula is C45H31NO2. The number of nitrogens with zero attached hydrogens (tertiary/aromatic N) is 1. The fraction of sp³-hybridized carbons (Fsp3) is 0.0667. The van der Waals surface area contributed by atoms with Gasteiger partial charge in [-0.05, 0) is 86.3 Å². The fourth-order valence-electron chi connectivity index (χ4n) is 8.58. The number of ether oxygens (including phenoxy) is 2. The van der Waals surface area contributed by atoms with Gasteiger partial charge in [0.25, 0.3) is 0 Å². The molecule has 0 saturated heterocycles. The summed E-state index contributed by atoms with van der Waals surface area (Å²) in [7, 11) is 0. The van der Waals surface area contributed by atoms with Crippen molar-refractivity contribution < 1.29 is 9.47 Å². The predicted octanol–water partition coefficient (Wildman–Crippen LogP) is 10.4. The van der Waals surface area contributed by atoms with Crippen LogP contribution in [0.5, 0.6) is 11.5 Å². The van der Waals surface area contributed by atoms with E-state index in [1.165, 1.54) is 44.5 Å². The maximum absolute atomic E-state index is 7.10. The highest BCUT2D eigenvalue weighted by molar-refractivity contribution is 5.97. The quantitative estimate of drug-likeness (QED) is 0.184. The topological polar surface area (TPSA) is 21.7 Å². The van der Waals surface area contributed by atoms with Crippen molar-refractivity contribution in [3.63, 3.8) is 0 Å². The molecule has 4 aliphatic rings. The van der Waals surface area contributed by atoms with E-state index in [-0.39, 0.29) is 6.10 Å². The van der Waals surface area contributed by atoms with Gasteiger partial charge in [0.05, 0.1) is 16.8 Å². The van der Waals surface area contributed by atoms with Crippen molar-refractivity contribution in [1.29, 1.82) is 0 Å². The van der Waals surface area contributed by atoms with Gasteiger partial charge >= 0.3 is 0 Å². The van der Waals surface area contributed by atoms with Crippen LogP contribution < -0.4 is 14.4 Å². The molecule has 10 rings (SSSR count). The molecule has 3 heteroatoms. The van der Waals surface area contributed by atoms with E-state index in [1.54, 1.807) is 6.08 Å². The average Bonchev–Trinajstić information content (AvgIpc) is 3.60. The van der Waals surface area contributed by atoms with E-state index in [0.717, 1.165) is 39.4 Å². The lowest BCUT2D eigenvalue weighted by molar-refractivity contribution is 0.0672. The fourth-order valence-corrected chi connectivity index (χ4v) is 8.58. The normalized spacial score (nSPS) is 18.3. The van der Waals surface area contributed by atoms with E-state index in [0.29, 0.717) is 0 Å². The second-order valence-corrected chi connectivity index (χ2v) is 12.9. The highest BCUT2D eigenvalue weighted by atomic mass is 16.6. The summed E-state index contributed by atoms with van der Waals surface area (Å²) in [5.74, 6) is 1.50. The summed E-state index contributed by atoms with van der Waals surface area (Å²) in [5.41, 5.74) is 12.4. The summed E-state index contributed by atoms with van der Waals surface area (Å²) >= 11 is 0. The smallest absolute Gasteiger partial charge is 0.179 e. The number of hydrogen-bond acceptors (Lipinski definition) is 3. The minimum absolute atomic E-state index is 0.316. The van der Waals surface area contributed by atoms with E-state index < -0.39 is 11.5 Å². The summed E-state index contributed by atoms with van der Waals surface area (Å²) in [6, 6.07) is 45.8. The monoisotopic (exact) mass is 617 g/mol. The first-order valence-electron chi connectivity index (χ1n) is 16.5. The van der Waals surface area contributed by atoms with E-state index in [1.807, 2.05) is 0 Å². The molecule has 3 nitrogen and oxygen atoms in total. The van der Waals surface area contributed by atoms with Crippen molar-refractivity contribution in [1.82, 2.24) is 0 Å². The van der Waals surface area contributed by atoms with Crippen molar-refractivity contribution in [3.8, 4) is 33.8 Å². The maximum atomic E-state index is 7.10. The first-order valence-corrected chi connectivity index (χ1v) is 16.5. The first-order chi connectivity index (χ1) is 23.7. The zero-order valence-electron chi connectivity index (χ0n) is 26.3. The summed E-state index contributed by atoms with van der Waals surface area (Å²) in [5, 5.41) is 2.28. The Morgan fingerprint density at radius 1 is 0.646 bits per heavy atom. The third kappa shape index (κ3) is 3.48. The molecule has 0 radical (unpaired) electrons. The van der Waals surface area contributed by atoms with Crippen LogP contribution in [0.15, 0.2) is 176 Å². The number of anilines is 1. The molecule has 0 aromatic heterocycles. The van der Waals surface area contributed by atoms with Gasteiger partial charge in [0.2, 0.25) is 0 Å². The number of benzene rings is 6. The molecule has 2 unspecified atom stereocenters. The third-order valence-electron chi connectivity index (χ3n) is 10.5. The molecule has 2 atom stereocenters. The zero-order valence-corrected chi connectivity index (χ0v) is 26.3. The van der Waals surface area contributed by atoms with E-state index >= 15 is 0 Å². The molecule has 0 saturated carbocycles. The van der Waals surface area contributed by atoms with Crippen LogP contribution in [-0.2, 0) is 5.41 Å². The highest BCUT2D eigenvalue weighted by Crippen LogP contribution is 2.64. The van der Waals surface area contributed by atoms with Crippen molar-refractivity contribution >= 4 is 16.5 Å². The summed E-state index contributed by atoms with van der Waals surface area (Å²) < 4.78 is 13.9. The van der Waals surface area contributed by atoms with Gasteiger partial charge in [-0.25, -0.2) is 0 Å². The molecule has 0 N–H and O–H groups in total. The van der Waals surface area contributed by atoms with Gasteiger partial charge in [-0.3, -0.25) is 0 Å². The maximum Gasteiger partial charge on any atom is 0.179 e. The molecule has 0 amide bonds. The number of rotatable bonds is 4. The largest absolute Gasteiger partial charge is 0.478 e. The Labute approximate surface area is 280 Å². The summed E-state index contributed by atoms with van der Waals surface area (Å²) in [6.07, 6.45) is 7.34. The van der Waals surface area contributed by atoms with Crippen molar-refractivity contribution in [2.75, 3.05) is 4.90 Å². The van der Waals surface area contributed by atoms with Gasteiger partial charge in [-0.2, -0.15) is 0 Å². The molecule has 3 aliphatic carbocycles. The molecule has 48 heavy (non-hydrogen) atoms. The highest BCUT2D eigenvalue weighted by Gasteiger charge is 2.52. The van der Waals surface area contributed by atoms with Gasteiger partial charge < -0.3 is 14.4 Å². The minimum atomic E-state index is -0.453. The Morgan fingerprint density at radius 2 is 1.25 bits per heavy atom. The van der Waals surface area contributed by atoms with Crippen LogP contribution in [-0.4, -0.2) is 12.2 Å². The summed E-state index contributed by atoms with van der Waals surface area (Å²) in [4.78, 5) is 2.17. The van der Waals surface area contributed by atoms with Crippen LogP contribution in [0, 0.1) is 0 Å². The van der Waals surface area contributed by atoms with E-state index in [9.17, 15) is 0 Å². The van der Waals surface area contributed by atoms with Crippen molar-refractivity contribution in [3.05, 3.63) is 199 Å². The van der Waals surface area contributed by atoms with Crippen LogP contribution in [0.1, 0.15) is 22.3 Å².